The number of carbonyl (C=O) groups is 2. The largest absolute Gasteiger partial charge is 0.507 e. The first-order valence-electron chi connectivity index (χ1n) is 13.3. The van der Waals surface area contributed by atoms with E-state index in [0.29, 0.717) is 12.2 Å². The zero-order valence-corrected chi connectivity index (χ0v) is 21.9. The maximum atomic E-state index is 13.4. The van der Waals surface area contributed by atoms with Gasteiger partial charge in [0.1, 0.15) is 23.4 Å². The molecule has 38 heavy (non-hydrogen) atoms. The molecular weight excluding hydrogens is 478 g/mol. The third-order valence-corrected chi connectivity index (χ3v) is 7.12. The van der Waals surface area contributed by atoms with E-state index in [-0.39, 0.29) is 24.0 Å². The van der Waals surface area contributed by atoms with Gasteiger partial charge >= 0.3 is 0 Å². The van der Waals surface area contributed by atoms with Crippen molar-refractivity contribution in [2.45, 2.75) is 58.2 Å². The number of likely N-dealkylation sites (tertiary alicyclic amines) is 1. The number of nitrogens with zero attached hydrogens (tertiary/aromatic N) is 1. The fraction of sp³-hybridized carbons (Fsp3) is 0.312. The predicted molar refractivity (Wildman–Crippen MR) is 146 cm³/mol. The van der Waals surface area contributed by atoms with Gasteiger partial charge in [0, 0.05) is 18.5 Å². The van der Waals surface area contributed by atoms with Crippen LogP contribution in [-0.4, -0.2) is 34.4 Å². The van der Waals surface area contributed by atoms with E-state index in [1.54, 1.807) is 11.0 Å². The van der Waals surface area contributed by atoms with Crippen LogP contribution in [0.15, 0.2) is 78.4 Å². The second-order valence-electron chi connectivity index (χ2n) is 9.99. The van der Waals surface area contributed by atoms with Gasteiger partial charge in [-0.2, -0.15) is 0 Å². The summed E-state index contributed by atoms with van der Waals surface area (Å²) in [6, 6.07) is 21.7. The van der Waals surface area contributed by atoms with E-state index in [2.05, 4.69) is 6.92 Å². The number of aliphatic hydroxyl groups excluding tert-OH is 1. The molecule has 2 aliphatic rings. The quantitative estimate of drug-likeness (QED) is 0.160. The van der Waals surface area contributed by atoms with E-state index in [9.17, 15) is 14.7 Å². The van der Waals surface area contributed by atoms with Gasteiger partial charge in [0.2, 0.25) is 0 Å². The van der Waals surface area contributed by atoms with Crippen LogP contribution in [0, 0.1) is 0 Å². The Balaban J connectivity index is 1.52. The minimum atomic E-state index is -0.729. The van der Waals surface area contributed by atoms with Crippen molar-refractivity contribution in [3.05, 3.63) is 101 Å². The first-order valence-corrected chi connectivity index (χ1v) is 13.3. The van der Waals surface area contributed by atoms with Gasteiger partial charge < -0.3 is 19.5 Å². The molecule has 6 nitrogen and oxygen atoms in total. The molecule has 1 N–H and O–H groups in total. The lowest BCUT2D eigenvalue weighted by molar-refractivity contribution is -0.140. The van der Waals surface area contributed by atoms with Crippen LogP contribution in [0.1, 0.15) is 61.4 Å². The predicted octanol–water partition coefficient (Wildman–Crippen LogP) is 6.20. The SMILES string of the molecule is CCCCCOc1ccc([C@H]2C(=C(O)c3ccc4c(c3)C[C@H](C)O4)C(=O)C(=O)N2Cc2ccccc2)cc1. The molecule has 0 spiro atoms. The Kier molecular flexibility index (Phi) is 7.50. The molecule has 3 aromatic carbocycles. The van der Waals surface area contributed by atoms with E-state index in [1.807, 2.05) is 73.7 Å². The van der Waals surface area contributed by atoms with Crippen LogP contribution in [0.2, 0.25) is 0 Å². The van der Waals surface area contributed by atoms with Crippen molar-refractivity contribution in [1.29, 1.82) is 0 Å². The highest BCUT2D eigenvalue weighted by molar-refractivity contribution is 6.46. The Hall–Kier alpha value is -4.06. The number of unbranched alkanes of at least 4 members (excludes halogenated alkanes) is 2. The number of fused-ring (bicyclic) bond motifs is 1. The van der Waals surface area contributed by atoms with Crippen LogP contribution in [-0.2, 0) is 22.6 Å². The Morgan fingerprint density at radius 1 is 1.03 bits per heavy atom. The summed E-state index contributed by atoms with van der Waals surface area (Å²) >= 11 is 0. The lowest BCUT2D eigenvalue weighted by Gasteiger charge is -2.25. The van der Waals surface area contributed by atoms with E-state index in [1.165, 1.54) is 0 Å². The molecule has 1 amide bonds. The van der Waals surface area contributed by atoms with Gasteiger partial charge in [-0.3, -0.25) is 9.59 Å². The van der Waals surface area contributed by atoms with Crippen molar-refractivity contribution in [2.75, 3.05) is 6.61 Å². The number of benzene rings is 3. The van der Waals surface area contributed by atoms with Crippen LogP contribution in [0.4, 0.5) is 0 Å². The number of carbonyl (C=O) groups excluding carboxylic acids is 2. The van der Waals surface area contributed by atoms with Crippen LogP contribution in [0.5, 0.6) is 11.5 Å². The standard InChI is InChI=1S/C32H33NO5/c1-3-4-8-17-37-26-14-11-23(12-15-26)29-28(30(34)24-13-16-27-25(19-24)18-21(2)38-27)31(35)32(36)33(29)20-22-9-6-5-7-10-22/h5-7,9-16,19,21,29,34H,3-4,8,17-18,20H2,1-2H3/t21-,29-/m0/s1. The number of aliphatic hydroxyl groups is 1. The maximum absolute atomic E-state index is 13.4. The van der Waals surface area contributed by atoms with Gasteiger partial charge in [-0.15, -0.1) is 0 Å². The first-order chi connectivity index (χ1) is 18.5. The third kappa shape index (κ3) is 5.17. The van der Waals surface area contributed by atoms with Crippen LogP contribution in [0.25, 0.3) is 5.76 Å². The summed E-state index contributed by atoms with van der Waals surface area (Å²) in [7, 11) is 0. The van der Waals surface area contributed by atoms with Crippen LogP contribution < -0.4 is 9.47 Å². The molecule has 2 aliphatic heterocycles. The van der Waals surface area contributed by atoms with E-state index < -0.39 is 17.7 Å². The summed E-state index contributed by atoms with van der Waals surface area (Å²) in [6.45, 7) is 5.03. The summed E-state index contributed by atoms with van der Waals surface area (Å²) in [5.74, 6) is 0.0280. The van der Waals surface area contributed by atoms with Crippen LogP contribution >= 0.6 is 0 Å². The molecule has 0 bridgehead atoms. The summed E-state index contributed by atoms with van der Waals surface area (Å²) in [5.41, 5.74) is 3.20. The van der Waals surface area contributed by atoms with E-state index >= 15 is 0 Å². The fourth-order valence-corrected chi connectivity index (χ4v) is 5.18. The van der Waals surface area contributed by atoms with E-state index in [0.717, 1.165) is 53.9 Å². The maximum Gasteiger partial charge on any atom is 0.295 e. The van der Waals surface area contributed by atoms with Crippen molar-refractivity contribution < 1.29 is 24.2 Å². The molecule has 6 heteroatoms. The molecule has 1 saturated heterocycles. The number of ether oxygens (including phenoxy) is 2. The lowest BCUT2D eigenvalue weighted by Crippen LogP contribution is -2.29. The molecule has 0 aliphatic carbocycles. The Bertz CT molecular complexity index is 1350. The normalized spacial score (nSPS) is 19.9. The highest BCUT2D eigenvalue weighted by atomic mass is 16.5. The van der Waals surface area contributed by atoms with Gasteiger partial charge in [0.15, 0.2) is 0 Å². The van der Waals surface area contributed by atoms with Crippen LogP contribution in [0.3, 0.4) is 0 Å². The third-order valence-electron chi connectivity index (χ3n) is 7.12. The fourth-order valence-electron chi connectivity index (χ4n) is 5.18. The zero-order valence-electron chi connectivity index (χ0n) is 21.9. The van der Waals surface area contributed by atoms with Gasteiger partial charge in [0.05, 0.1) is 18.2 Å². The highest BCUT2D eigenvalue weighted by Gasteiger charge is 2.46. The Labute approximate surface area is 223 Å². The van der Waals surface area contributed by atoms with Crippen molar-refractivity contribution in [1.82, 2.24) is 4.90 Å². The second-order valence-corrected chi connectivity index (χ2v) is 9.99. The van der Waals surface area contributed by atoms with Gasteiger partial charge in [0.25, 0.3) is 11.7 Å². The summed E-state index contributed by atoms with van der Waals surface area (Å²) in [6.07, 6.45) is 4.00. The minimum absolute atomic E-state index is 0.0570. The molecule has 0 radical (unpaired) electrons. The Morgan fingerprint density at radius 2 is 1.79 bits per heavy atom. The average molecular weight is 512 g/mol. The minimum Gasteiger partial charge on any atom is -0.507 e. The topological polar surface area (TPSA) is 76.1 Å². The van der Waals surface area contributed by atoms with Crippen molar-refractivity contribution in [3.8, 4) is 11.5 Å². The van der Waals surface area contributed by atoms with Gasteiger partial charge in [-0.25, -0.2) is 0 Å². The number of hydrogen-bond acceptors (Lipinski definition) is 5. The monoisotopic (exact) mass is 511 g/mol. The lowest BCUT2D eigenvalue weighted by atomic mass is 9.94. The van der Waals surface area contributed by atoms with E-state index in [4.69, 9.17) is 9.47 Å². The molecule has 2 atom stereocenters. The van der Waals surface area contributed by atoms with Gasteiger partial charge in [-0.1, -0.05) is 62.2 Å². The molecule has 196 valence electrons. The highest BCUT2D eigenvalue weighted by Crippen LogP contribution is 2.41. The molecule has 0 aromatic heterocycles. The molecular formula is C32H33NO5. The number of hydrogen-bond donors (Lipinski definition) is 1. The molecule has 0 unspecified atom stereocenters. The number of amides is 1. The average Bonchev–Trinajstić information content (AvgIpc) is 3.43. The van der Waals surface area contributed by atoms with Crippen molar-refractivity contribution >= 4 is 17.4 Å². The smallest absolute Gasteiger partial charge is 0.295 e. The number of ketones is 1. The second kappa shape index (κ2) is 11.1. The summed E-state index contributed by atoms with van der Waals surface area (Å²) in [5, 5.41) is 11.5. The Morgan fingerprint density at radius 3 is 2.53 bits per heavy atom. The number of rotatable bonds is 9. The molecule has 5 rings (SSSR count). The zero-order chi connectivity index (χ0) is 26.6. The molecule has 3 aromatic rings. The van der Waals surface area contributed by atoms with Crippen molar-refractivity contribution in [2.24, 2.45) is 0 Å². The molecule has 1 fully saturated rings. The molecule has 2 heterocycles. The summed E-state index contributed by atoms with van der Waals surface area (Å²) in [4.78, 5) is 28.3. The summed E-state index contributed by atoms with van der Waals surface area (Å²) < 4.78 is 11.7. The van der Waals surface area contributed by atoms with Crippen molar-refractivity contribution in [3.63, 3.8) is 0 Å². The van der Waals surface area contributed by atoms with Gasteiger partial charge in [-0.05, 0) is 60.4 Å². The number of Topliss-reactive ketones (excluding diaryl/α,β-unsaturated/α-hetero) is 1. The molecule has 0 saturated carbocycles. The first kappa shape index (κ1) is 25.6.